The Morgan fingerprint density at radius 1 is 1.44 bits per heavy atom. The van der Waals surface area contributed by atoms with Crippen LogP contribution in [0.15, 0.2) is 23.2 Å². The van der Waals surface area contributed by atoms with Crippen LogP contribution in [0.5, 0.6) is 0 Å². The van der Waals surface area contributed by atoms with Gasteiger partial charge in [-0.25, -0.2) is 0 Å². The van der Waals surface area contributed by atoms with Crippen molar-refractivity contribution in [3.05, 3.63) is 28.2 Å². The Bertz CT molecular complexity index is 439. The molecule has 0 bridgehead atoms. The first-order valence-corrected chi connectivity index (χ1v) is 6.18. The number of anilines is 1. The first kappa shape index (κ1) is 15.6. The van der Waals surface area contributed by atoms with Gasteiger partial charge < -0.3 is 16.4 Å². The van der Waals surface area contributed by atoms with Gasteiger partial charge in [-0.2, -0.15) is 0 Å². The van der Waals surface area contributed by atoms with Crippen LogP contribution >= 0.6 is 40.2 Å². The Balaban J connectivity index is 0.00000162. The van der Waals surface area contributed by atoms with Crippen molar-refractivity contribution in [3.8, 4) is 0 Å². The molecule has 18 heavy (non-hydrogen) atoms. The number of hydrogen-bond acceptors (Lipinski definition) is 4. The van der Waals surface area contributed by atoms with Crippen LogP contribution in [0.1, 0.15) is 6.42 Å². The van der Waals surface area contributed by atoms with E-state index in [1.165, 1.54) is 0 Å². The lowest BCUT2D eigenvalue weighted by atomic mass is 10.2. The van der Waals surface area contributed by atoms with Crippen molar-refractivity contribution >= 4 is 51.8 Å². The molecule has 0 aromatic heterocycles. The molecular weight excluding hydrogens is 339 g/mol. The van der Waals surface area contributed by atoms with Gasteiger partial charge in [-0.15, -0.1) is 17.0 Å². The van der Waals surface area contributed by atoms with Gasteiger partial charge >= 0.3 is 0 Å². The highest BCUT2D eigenvalue weighted by Gasteiger charge is 2.16. The van der Waals surface area contributed by atoms with E-state index in [0.29, 0.717) is 22.6 Å². The number of halogens is 3. The number of nitrogens with zero attached hydrogens (tertiary/aromatic N) is 1. The minimum atomic E-state index is 0. The number of rotatable bonds is 3. The third-order valence-electron chi connectivity index (χ3n) is 2.51. The first-order valence-electron chi connectivity index (χ1n) is 5.42. The third kappa shape index (κ3) is 4.02. The molecule has 0 aliphatic carbocycles. The Kier molecular flexibility index (Phi) is 6.21. The number of hydrogen-bond donors (Lipinski definition) is 3. The molecule has 1 heterocycles. The monoisotopic (exact) mass is 352 g/mol. The van der Waals surface area contributed by atoms with E-state index in [2.05, 4.69) is 15.6 Å². The Labute approximate surface area is 127 Å². The Morgan fingerprint density at radius 2 is 2.22 bits per heavy atom. The van der Waals surface area contributed by atoms with Crippen molar-refractivity contribution in [3.63, 3.8) is 0 Å². The molecule has 1 atom stereocenters. The average Bonchev–Trinajstić information content (AvgIpc) is 2.71. The summed E-state index contributed by atoms with van der Waals surface area (Å²) in [5.41, 5.74) is 6.29. The molecule has 7 heteroatoms. The molecule has 0 saturated heterocycles. The van der Waals surface area contributed by atoms with Gasteiger partial charge in [0.25, 0.3) is 0 Å². The molecule has 0 radical (unpaired) electrons. The first-order chi connectivity index (χ1) is 8.19. The Morgan fingerprint density at radius 3 is 2.89 bits per heavy atom. The average molecular weight is 354 g/mol. The molecule has 100 valence electrons. The fourth-order valence-electron chi connectivity index (χ4n) is 1.64. The van der Waals surface area contributed by atoms with E-state index in [1.54, 1.807) is 12.1 Å². The number of guanidine groups is 1. The Hall–Kier alpha value is -0.490. The highest BCUT2D eigenvalue weighted by atomic mass is 79.9. The summed E-state index contributed by atoms with van der Waals surface area (Å²) in [5, 5.41) is 7.57. The fourth-order valence-corrected chi connectivity index (χ4v) is 2.10. The predicted molar refractivity (Wildman–Crippen MR) is 83.3 cm³/mol. The van der Waals surface area contributed by atoms with Crippen molar-refractivity contribution < 1.29 is 0 Å². The topological polar surface area (TPSA) is 62.4 Å². The summed E-state index contributed by atoms with van der Waals surface area (Å²) in [5.74, 6) is 0.729. The van der Waals surface area contributed by atoms with Crippen LogP contribution in [0.3, 0.4) is 0 Å². The summed E-state index contributed by atoms with van der Waals surface area (Å²) in [6.45, 7) is 1.40. The summed E-state index contributed by atoms with van der Waals surface area (Å²) >= 11 is 11.9. The molecule has 1 aromatic carbocycles. The maximum atomic E-state index is 6.06. The van der Waals surface area contributed by atoms with E-state index >= 15 is 0 Å². The van der Waals surface area contributed by atoms with Crippen molar-refractivity contribution in [1.29, 1.82) is 0 Å². The lowest BCUT2D eigenvalue weighted by Gasteiger charge is -2.12. The van der Waals surface area contributed by atoms with Gasteiger partial charge in [0.05, 0.1) is 17.3 Å². The van der Waals surface area contributed by atoms with Gasteiger partial charge in [0.15, 0.2) is 5.96 Å². The van der Waals surface area contributed by atoms with E-state index < -0.39 is 0 Å². The zero-order valence-corrected chi connectivity index (χ0v) is 12.8. The fraction of sp³-hybridized carbons (Fsp3) is 0.364. The normalized spacial score (nSPS) is 17.7. The quantitative estimate of drug-likeness (QED) is 0.782. The molecule has 1 aliphatic rings. The van der Waals surface area contributed by atoms with Crippen molar-refractivity contribution in [2.45, 2.75) is 12.5 Å². The summed E-state index contributed by atoms with van der Waals surface area (Å²) in [4.78, 5) is 4.34. The van der Waals surface area contributed by atoms with Gasteiger partial charge in [0.1, 0.15) is 0 Å². The maximum absolute atomic E-state index is 6.06. The molecule has 0 saturated carbocycles. The maximum Gasteiger partial charge on any atom is 0.196 e. The van der Waals surface area contributed by atoms with Crippen LogP contribution in [-0.4, -0.2) is 25.1 Å². The van der Waals surface area contributed by atoms with Crippen molar-refractivity contribution in [2.75, 3.05) is 18.4 Å². The van der Waals surface area contributed by atoms with E-state index in [0.717, 1.165) is 24.6 Å². The highest BCUT2D eigenvalue weighted by molar-refractivity contribution is 8.93. The molecule has 1 aromatic rings. The van der Waals surface area contributed by atoms with Crippen LogP contribution in [0, 0.1) is 0 Å². The van der Waals surface area contributed by atoms with Gasteiger partial charge in [0.2, 0.25) is 0 Å². The smallest absolute Gasteiger partial charge is 0.196 e. The molecule has 0 fully saturated rings. The standard InChI is InChI=1S/C11H14Cl2N4.BrH/c12-7-1-2-10(9(13)5-7)17-11-15-6-8(16-11)3-4-14;/h1-2,5,8H,3-4,6,14H2,(H2,15,16,17);1H/t8-;/m1./s1. The second kappa shape index (κ2) is 7.19. The predicted octanol–water partition coefficient (Wildman–Crippen LogP) is 2.66. The molecule has 4 nitrogen and oxygen atoms in total. The van der Waals surface area contributed by atoms with Crippen LogP contribution < -0.4 is 16.4 Å². The van der Waals surface area contributed by atoms with Crippen molar-refractivity contribution in [1.82, 2.24) is 5.32 Å². The largest absolute Gasteiger partial charge is 0.351 e. The number of nitrogens with two attached hydrogens (primary N) is 1. The van der Waals surface area contributed by atoms with E-state index in [1.807, 2.05) is 6.07 Å². The second-order valence-corrected chi connectivity index (χ2v) is 4.70. The highest BCUT2D eigenvalue weighted by Crippen LogP contribution is 2.25. The van der Waals surface area contributed by atoms with Crippen LogP contribution in [0.2, 0.25) is 10.0 Å². The van der Waals surface area contributed by atoms with Gasteiger partial charge in [-0.05, 0) is 31.2 Å². The molecular formula is C11H15BrCl2N4. The lowest BCUT2D eigenvalue weighted by Crippen LogP contribution is -2.35. The van der Waals surface area contributed by atoms with E-state index in [9.17, 15) is 0 Å². The van der Waals surface area contributed by atoms with Gasteiger partial charge in [0, 0.05) is 11.1 Å². The molecule has 0 unspecified atom stereocenters. The minimum Gasteiger partial charge on any atom is -0.351 e. The molecule has 0 amide bonds. The minimum absolute atomic E-state index is 0. The van der Waals surface area contributed by atoms with Gasteiger partial charge in [-0.1, -0.05) is 23.2 Å². The SMILES string of the molecule is Br.NCC[C@@H]1CN=C(Nc2ccc(Cl)cc2Cl)N1. The van der Waals surface area contributed by atoms with Crippen LogP contribution in [0.4, 0.5) is 5.69 Å². The molecule has 2 rings (SSSR count). The van der Waals surface area contributed by atoms with Crippen molar-refractivity contribution in [2.24, 2.45) is 10.7 Å². The second-order valence-electron chi connectivity index (χ2n) is 3.86. The number of benzene rings is 1. The molecule has 4 N–H and O–H groups in total. The zero-order valence-electron chi connectivity index (χ0n) is 9.62. The molecule has 1 aliphatic heterocycles. The zero-order chi connectivity index (χ0) is 12.3. The van der Waals surface area contributed by atoms with E-state index in [4.69, 9.17) is 28.9 Å². The summed E-state index contributed by atoms with van der Waals surface area (Å²) < 4.78 is 0. The third-order valence-corrected chi connectivity index (χ3v) is 3.06. The van der Waals surface area contributed by atoms with Crippen LogP contribution in [-0.2, 0) is 0 Å². The summed E-state index contributed by atoms with van der Waals surface area (Å²) in [6, 6.07) is 5.61. The van der Waals surface area contributed by atoms with E-state index in [-0.39, 0.29) is 17.0 Å². The number of aliphatic imine (C=N–C) groups is 1. The number of nitrogens with one attached hydrogen (secondary N) is 2. The van der Waals surface area contributed by atoms with Crippen LogP contribution in [0.25, 0.3) is 0 Å². The lowest BCUT2D eigenvalue weighted by molar-refractivity contribution is 0.609. The van der Waals surface area contributed by atoms with Gasteiger partial charge in [-0.3, -0.25) is 4.99 Å². The summed E-state index contributed by atoms with van der Waals surface area (Å²) in [7, 11) is 0. The summed E-state index contributed by atoms with van der Waals surface area (Å²) in [6.07, 6.45) is 0.906. The molecule has 0 spiro atoms.